The van der Waals surface area contributed by atoms with Crippen LogP contribution in [0.25, 0.3) is 38.7 Å². The first-order chi connectivity index (χ1) is 17.4. The van der Waals surface area contributed by atoms with Crippen molar-refractivity contribution in [1.29, 1.82) is 0 Å². The van der Waals surface area contributed by atoms with Crippen LogP contribution in [0.1, 0.15) is 25.8 Å². The number of aromatic nitrogens is 1. The zero-order valence-corrected chi connectivity index (χ0v) is 21.3. The molecule has 0 radical (unpaired) electrons. The lowest BCUT2D eigenvalue weighted by Gasteiger charge is -2.30. The van der Waals surface area contributed by atoms with Gasteiger partial charge in [-0.25, -0.2) is 0 Å². The number of pyridine rings is 1. The highest BCUT2D eigenvalue weighted by atomic mass is 16.5. The monoisotopic (exact) mass is 483 g/mol. The van der Waals surface area contributed by atoms with E-state index in [-0.39, 0.29) is 5.43 Å². The molecule has 2 aliphatic heterocycles. The lowest BCUT2D eigenvalue weighted by Crippen LogP contribution is -2.37. The van der Waals surface area contributed by atoms with Crippen LogP contribution in [0.3, 0.4) is 0 Å². The fraction of sp³-hybridized carbons (Fsp3) is 0.367. The third kappa shape index (κ3) is 4.04. The number of ether oxygens (including phenoxy) is 2. The first-order valence-electron chi connectivity index (χ1n) is 12.9. The number of hydrogen-bond acceptors (Lipinski definition) is 5. The Morgan fingerprint density at radius 1 is 1.06 bits per heavy atom. The van der Waals surface area contributed by atoms with Crippen molar-refractivity contribution in [2.45, 2.75) is 25.9 Å². The van der Waals surface area contributed by atoms with Crippen molar-refractivity contribution in [3.63, 3.8) is 0 Å². The van der Waals surface area contributed by atoms with E-state index >= 15 is 0 Å². The molecule has 1 N–H and O–H groups in total. The number of hydrogen-bond donors (Lipinski definition) is 1. The van der Waals surface area contributed by atoms with Gasteiger partial charge in [0.25, 0.3) is 0 Å². The van der Waals surface area contributed by atoms with Gasteiger partial charge in [-0.3, -0.25) is 9.69 Å². The largest absolute Gasteiger partial charge is 0.483 e. The van der Waals surface area contributed by atoms with E-state index in [1.54, 1.807) is 0 Å². The van der Waals surface area contributed by atoms with E-state index in [0.717, 1.165) is 95.4 Å². The van der Waals surface area contributed by atoms with E-state index < -0.39 is 5.60 Å². The molecule has 3 heterocycles. The maximum absolute atomic E-state index is 14.1. The van der Waals surface area contributed by atoms with Crippen LogP contribution in [0, 0.1) is 0 Å². The molecule has 186 valence electrons. The van der Waals surface area contributed by atoms with Gasteiger partial charge in [0, 0.05) is 43.7 Å². The molecule has 36 heavy (non-hydrogen) atoms. The van der Waals surface area contributed by atoms with Crippen LogP contribution >= 0.6 is 0 Å². The molecule has 0 atom stereocenters. The summed E-state index contributed by atoms with van der Waals surface area (Å²) in [6.07, 6.45) is 5.17. The third-order valence-corrected chi connectivity index (χ3v) is 7.43. The van der Waals surface area contributed by atoms with Crippen molar-refractivity contribution in [2.75, 3.05) is 44.7 Å². The minimum absolute atomic E-state index is 0.0561. The number of morpholine rings is 1. The van der Waals surface area contributed by atoms with Gasteiger partial charge >= 0.3 is 0 Å². The third-order valence-electron chi connectivity index (χ3n) is 7.43. The molecule has 6 rings (SSSR count). The van der Waals surface area contributed by atoms with Gasteiger partial charge in [-0.2, -0.15) is 0 Å². The topological polar surface area (TPSA) is 55.7 Å². The van der Waals surface area contributed by atoms with Gasteiger partial charge < -0.3 is 19.4 Å². The minimum atomic E-state index is -0.403. The molecule has 4 aromatic rings. The summed E-state index contributed by atoms with van der Waals surface area (Å²) in [7, 11) is 2.05. The maximum atomic E-state index is 14.1. The molecule has 0 bridgehead atoms. The van der Waals surface area contributed by atoms with Gasteiger partial charge in [0.2, 0.25) is 0 Å². The minimum Gasteiger partial charge on any atom is -0.483 e. The fourth-order valence-electron chi connectivity index (χ4n) is 5.52. The van der Waals surface area contributed by atoms with Crippen LogP contribution in [0.2, 0.25) is 0 Å². The Hall–Kier alpha value is -3.35. The second-order valence-corrected chi connectivity index (χ2v) is 10.4. The van der Waals surface area contributed by atoms with Gasteiger partial charge in [-0.15, -0.1) is 0 Å². The Labute approximate surface area is 211 Å². The average Bonchev–Trinajstić information content (AvgIpc) is 2.88. The van der Waals surface area contributed by atoms with Crippen molar-refractivity contribution in [2.24, 2.45) is 7.05 Å². The number of nitrogens with zero attached hydrogens (tertiary/aromatic N) is 2. The van der Waals surface area contributed by atoms with Crippen molar-refractivity contribution in [3.05, 3.63) is 64.3 Å². The van der Waals surface area contributed by atoms with Gasteiger partial charge in [0.15, 0.2) is 5.43 Å². The molecule has 0 unspecified atom stereocenters. The predicted molar refractivity (Wildman–Crippen MR) is 148 cm³/mol. The second-order valence-electron chi connectivity index (χ2n) is 10.4. The molecule has 0 aliphatic carbocycles. The Morgan fingerprint density at radius 3 is 2.58 bits per heavy atom. The summed E-state index contributed by atoms with van der Waals surface area (Å²) < 4.78 is 14.0. The molecule has 1 fully saturated rings. The molecule has 1 aromatic heterocycles. The zero-order chi connectivity index (χ0) is 24.9. The Morgan fingerprint density at radius 2 is 1.81 bits per heavy atom. The van der Waals surface area contributed by atoms with E-state index in [1.165, 1.54) is 0 Å². The van der Waals surface area contributed by atoms with Crippen molar-refractivity contribution in [3.8, 4) is 5.75 Å². The summed E-state index contributed by atoms with van der Waals surface area (Å²) in [6.45, 7) is 9.48. The van der Waals surface area contributed by atoms with Gasteiger partial charge in [-0.1, -0.05) is 24.3 Å². The molecular weight excluding hydrogens is 450 g/mol. The Balaban J connectivity index is 1.49. The summed E-state index contributed by atoms with van der Waals surface area (Å²) in [5.74, 6) is 0.806. The Bertz CT molecular complexity index is 1560. The maximum Gasteiger partial charge on any atom is 0.199 e. The standard InChI is InChI=1S/C30H33N3O3/c1-30(2)10-9-22-26(36-30)19-24(31-11-6-12-33-13-15-35-16-14-33)27-28(22)32(3)25-18-21-8-5-4-7-20(21)17-23(25)29(27)34/h4-5,7-10,17-19,31H,6,11-16H2,1-3H3. The molecule has 0 amide bonds. The predicted octanol–water partition coefficient (Wildman–Crippen LogP) is 5.16. The van der Waals surface area contributed by atoms with Crippen LogP contribution in [0.5, 0.6) is 5.75 Å². The van der Waals surface area contributed by atoms with E-state index in [4.69, 9.17) is 9.47 Å². The summed E-state index contributed by atoms with van der Waals surface area (Å²) in [5, 5.41) is 7.25. The highest BCUT2D eigenvalue weighted by Gasteiger charge is 2.26. The van der Waals surface area contributed by atoms with Crippen LogP contribution in [0.15, 0.2) is 53.3 Å². The van der Waals surface area contributed by atoms with Crippen LogP contribution in [-0.2, 0) is 11.8 Å². The van der Waals surface area contributed by atoms with Crippen LogP contribution in [0.4, 0.5) is 5.69 Å². The first kappa shape index (κ1) is 23.1. The van der Waals surface area contributed by atoms with Crippen molar-refractivity contribution in [1.82, 2.24) is 9.47 Å². The van der Waals surface area contributed by atoms with E-state index in [9.17, 15) is 4.79 Å². The average molecular weight is 484 g/mol. The summed E-state index contributed by atoms with van der Waals surface area (Å²) in [6, 6.07) is 14.4. The van der Waals surface area contributed by atoms with Gasteiger partial charge in [0.1, 0.15) is 11.4 Å². The van der Waals surface area contributed by atoms with Gasteiger partial charge in [0.05, 0.1) is 35.3 Å². The second kappa shape index (κ2) is 8.95. The number of nitrogens with one attached hydrogen (secondary N) is 1. The van der Waals surface area contributed by atoms with E-state index in [0.29, 0.717) is 0 Å². The highest BCUT2D eigenvalue weighted by Crippen LogP contribution is 2.40. The molecule has 3 aromatic carbocycles. The fourth-order valence-corrected chi connectivity index (χ4v) is 5.52. The molecule has 0 spiro atoms. The number of rotatable bonds is 5. The molecule has 6 heteroatoms. The highest BCUT2D eigenvalue weighted by molar-refractivity contribution is 6.08. The molecule has 0 saturated carbocycles. The lowest BCUT2D eigenvalue weighted by molar-refractivity contribution is 0.0378. The van der Waals surface area contributed by atoms with Crippen LogP contribution in [-0.4, -0.2) is 54.5 Å². The normalized spacial score (nSPS) is 17.4. The lowest BCUT2D eigenvalue weighted by atomic mass is 9.96. The molecule has 1 saturated heterocycles. The van der Waals surface area contributed by atoms with Crippen molar-refractivity contribution < 1.29 is 9.47 Å². The molecular formula is C30H33N3O3. The quantitative estimate of drug-likeness (QED) is 0.314. The number of anilines is 1. The zero-order valence-electron chi connectivity index (χ0n) is 21.3. The number of aryl methyl sites for hydroxylation is 1. The van der Waals surface area contributed by atoms with Crippen molar-refractivity contribution >= 4 is 44.3 Å². The molecule has 6 nitrogen and oxygen atoms in total. The van der Waals surface area contributed by atoms with E-state index in [1.807, 2.05) is 24.3 Å². The smallest absolute Gasteiger partial charge is 0.199 e. The van der Waals surface area contributed by atoms with Gasteiger partial charge in [-0.05, 0) is 61.9 Å². The first-order valence-corrected chi connectivity index (χ1v) is 12.9. The van der Waals surface area contributed by atoms with E-state index in [2.05, 4.69) is 66.0 Å². The number of fused-ring (bicyclic) bond motifs is 5. The summed E-state index contributed by atoms with van der Waals surface area (Å²) in [5.41, 5.74) is 3.28. The number of benzene rings is 3. The van der Waals surface area contributed by atoms with Crippen LogP contribution < -0.4 is 15.5 Å². The SMILES string of the molecule is Cn1c2cc3ccccc3cc2c(=O)c2c(NCCCN3CCOCC3)cc3c(c21)C=CC(C)(C)O3. The summed E-state index contributed by atoms with van der Waals surface area (Å²) in [4.78, 5) is 16.5. The Kier molecular flexibility index (Phi) is 5.73. The summed E-state index contributed by atoms with van der Waals surface area (Å²) >= 11 is 0. The molecule has 2 aliphatic rings.